The van der Waals surface area contributed by atoms with Crippen molar-refractivity contribution >= 4 is 12.0 Å². The molecule has 5 rings (SSSR count). The van der Waals surface area contributed by atoms with E-state index in [1.165, 1.54) is 37.7 Å². The van der Waals surface area contributed by atoms with Crippen molar-refractivity contribution in [1.29, 1.82) is 0 Å². The normalized spacial score (nSPS) is 22.0. The van der Waals surface area contributed by atoms with Crippen LogP contribution in [0.25, 0.3) is 0 Å². The number of fused-ring (bicyclic) bond motifs is 1. The molecule has 3 fully saturated rings. The maximum absolute atomic E-state index is 13.0. The molecule has 6 nitrogen and oxygen atoms in total. The molecular formula is C30H41N3O3. The van der Waals surface area contributed by atoms with Crippen molar-refractivity contribution in [2.75, 3.05) is 32.7 Å². The van der Waals surface area contributed by atoms with E-state index in [1.54, 1.807) is 0 Å². The Balaban J connectivity index is 0.000000543. The summed E-state index contributed by atoms with van der Waals surface area (Å²) in [6, 6.07) is 15.6. The Labute approximate surface area is 215 Å². The van der Waals surface area contributed by atoms with Crippen LogP contribution in [0.5, 0.6) is 0 Å². The molecule has 2 amide bonds. The van der Waals surface area contributed by atoms with Gasteiger partial charge in [0.05, 0.1) is 6.04 Å². The van der Waals surface area contributed by atoms with Crippen LogP contribution in [0.1, 0.15) is 71.6 Å². The first-order valence-electron chi connectivity index (χ1n) is 13.5. The Morgan fingerprint density at radius 1 is 0.917 bits per heavy atom. The van der Waals surface area contributed by atoms with Gasteiger partial charge in [-0.2, -0.15) is 0 Å². The predicted molar refractivity (Wildman–Crippen MR) is 143 cm³/mol. The van der Waals surface area contributed by atoms with Gasteiger partial charge in [-0.1, -0.05) is 80.1 Å². The zero-order valence-corrected chi connectivity index (χ0v) is 21.8. The molecule has 3 atom stereocenters. The van der Waals surface area contributed by atoms with Gasteiger partial charge in [-0.25, -0.2) is 4.79 Å². The second kappa shape index (κ2) is 12.4. The van der Waals surface area contributed by atoms with Crippen LogP contribution >= 0.6 is 0 Å². The van der Waals surface area contributed by atoms with Crippen molar-refractivity contribution in [2.45, 2.75) is 58.4 Å². The number of hydrogen-bond acceptors (Lipinski definition) is 3. The number of hydrogen-bond donors (Lipinski definition) is 2. The first-order chi connectivity index (χ1) is 17.4. The molecule has 2 heterocycles. The van der Waals surface area contributed by atoms with Crippen LogP contribution in [0.3, 0.4) is 0 Å². The predicted octanol–water partition coefficient (Wildman–Crippen LogP) is 5.66. The van der Waals surface area contributed by atoms with Crippen LogP contribution in [0.2, 0.25) is 0 Å². The summed E-state index contributed by atoms with van der Waals surface area (Å²) in [6.07, 6.45) is 7.24. The van der Waals surface area contributed by atoms with Crippen LogP contribution < -0.4 is 5.32 Å². The fourth-order valence-electron chi connectivity index (χ4n) is 6.01. The van der Waals surface area contributed by atoms with Crippen LogP contribution in [-0.4, -0.2) is 59.6 Å². The van der Waals surface area contributed by atoms with Gasteiger partial charge in [0.1, 0.15) is 0 Å². The molecule has 194 valence electrons. The first kappa shape index (κ1) is 26.2. The van der Waals surface area contributed by atoms with Gasteiger partial charge < -0.3 is 20.2 Å². The number of likely N-dealkylation sites (tertiary alicyclic amines) is 2. The first-order valence-corrected chi connectivity index (χ1v) is 13.5. The molecule has 2 aromatic rings. The van der Waals surface area contributed by atoms with Crippen molar-refractivity contribution in [3.8, 4) is 0 Å². The Bertz CT molecular complexity index is 1000. The molecule has 2 saturated heterocycles. The third kappa shape index (κ3) is 6.88. The van der Waals surface area contributed by atoms with Crippen molar-refractivity contribution < 1.29 is 14.7 Å². The highest BCUT2D eigenvalue weighted by Gasteiger charge is 2.41. The quantitative estimate of drug-likeness (QED) is 0.547. The maximum atomic E-state index is 13.0. The number of carbonyl (C=O) groups excluding carboxylic acids is 1. The lowest BCUT2D eigenvalue weighted by Gasteiger charge is -2.24. The van der Waals surface area contributed by atoms with Gasteiger partial charge in [0.2, 0.25) is 0 Å². The van der Waals surface area contributed by atoms with Crippen LogP contribution in [-0.2, 0) is 0 Å². The van der Waals surface area contributed by atoms with Crippen molar-refractivity contribution in [3.05, 3.63) is 70.8 Å². The zero-order valence-electron chi connectivity index (χ0n) is 21.8. The minimum absolute atomic E-state index is 0.147. The average molecular weight is 492 g/mol. The fourth-order valence-corrected chi connectivity index (χ4v) is 6.01. The van der Waals surface area contributed by atoms with Gasteiger partial charge >= 0.3 is 6.09 Å². The molecule has 36 heavy (non-hydrogen) atoms. The summed E-state index contributed by atoms with van der Waals surface area (Å²) >= 11 is 0. The van der Waals surface area contributed by atoms with Crippen molar-refractivity contribution in [2.24, 2.45) is 11.8 Å². The van der Waals surface area contributed by atoms with E-state index in [4.69, 9.17) is 0 Å². The van der Waals surface area contributed by atoms with E-state index in [0.29, 0.717) is 11.8 Å². The largest absolute Gasteiger partial charge is 0.465 e. The van der Waals surface area contributed by atoms with E-state index in [2.05, 4.69) is 16.3 Å². The third-order valence-corrected chi connectivity index (χ3v) is 7.95. The van der Waals surface area contributed by atoms with E-state index in [1.807, 2.05) is 61.2 Å². The van der Waals surface area contributed by atoms with Crippen molar-refractivity contribution in [1.82, 2.24) is 15.1 Å². The number of nitrogens with one attached hydrogen (secondary N) is 1. The second-order valence-corrected chi connectivity index (χ2v) is 10.8. The fraction of sp³-hybridized carbons (Fsp3) is 0.533. The average Bonchev–Trinajstić information content (AvgIpc) is 3.61. The molecule has 2 aromatic carbocycles. The molecule has 1 aliphatic carbocycles. The Hall–Kier alpha value is -2.86. The minimum atomic E-state index is -0.993. The molecule has 0 aromatic heterocycles. The number of carbonyl (C=O) groups is 2. The number of rotatable bonds is 6. The molecule has 2 unspecified atom stereocenters. The molecule has 2 N–H and O–H groups in total. The van der Waals surface area contributed by atoms with Gasteiger partial charge in [-0.3, -0.25) is 4.79 Å². The third-order valence-electron chi connectivity index (χ3n) is 7.95. The maximum Gasteiger partial charge on any atom is 0.405 e. The summed E-state index contributed by atoms with van der Waals surface area (Å²) in [7, 11) is 0. The van der Waals surface area contributed by atoms with E-state index < -0.39 is 6.09 Å². The molecule has 0 spiro atoms. The van der Waals surface area contributed by atoms with Gasteiger partial charge in [-0.15, -0.1) is 0 Å². The van der Waals surface area contributed by atoms with Crippen molar-refractivity contribution in [3.63, 3.8) is 0 Å². The summed E-state index contributed by atoms with van der Waals surface area (Å²) in [4.78, 5) is 28.7. The molecule has 0 radical (unpaired) electrons. The van der Waals surface area contributed by atoms with Gasteiger partial charge in [-0.05, 0) is 49.3 Å². The lowest BCUT2D eigenvalue weighted by atomic mass is 10.0. The van der Waals surface area contributed by atoms with E-state index in [9.17, 15) is 14.7 Å². The molecule has 1 saturated carbocycles. The number of carboxylic acid groups (broad SMARTS) is 1. The van der Waals surface area contributed by atoms with Gasteiger partial charge in [0.25, 0.3) is 5.91 Å². The summed E-state index contributed by atoms with van der Waals surface area (Å²) in [5, 5.41) is 11.9. The lowest BCUT2D eigenvalue weighted by Crippen LogP contribution is -2.35. The molecule has 3 aliphatic rings. The lowest BCUT2D eigenvalue weighted by molar-refractivity contribution is 0.0773. The van der Waals surface area contributed by atoms with E-state index in [-0.39, 0.29) is 11.9 Å². The summed E-state index contributed by atoms with van der Waals surface area (Å²) in [5.41, 5.74) is 4.03. The Morgan fingerprint density at radius 3 is 2.08 bits per heavy atom. The van der Waals surface area contributed by atoms with Gasteiger partial charge in [0.15, 0.2) is 0 Å². The summed E-state index contributed by atoms with van der Waals surface area (Å²) in [6.45, 7) is 8.45. The number of amides is 2. The van der Waals surface area contributed by atoms with E-state index in [0.717, 1.165) is 55.8 Å². The minimum Gasteiger partial charge on any atom is -0.465 e. The zero-order chi connectivity index (χ0) is 25.5. The molecular weight excluding hydrogens is 450 g/mol. The second-order valence-electron chi connectivity index (χ2n) is 10.8. The summed E-state index contributed by atoms with van der Waals surface area (Å²) in [5.74, 6) is 1.14. The summed E-state index contributed by atoms with van der Waals surface area (Å²) < 4.78 is 0. The van der Waals surface area contributed by atoms with Crippen LogP contribution in [0.15, 0.2) is 48.5 Å². The Kier molecular flexibility index (Phi) is 9.03. The Morgan fingerprint density at radius 2 is 1.53 bits per heavy atom. The van der Waals surface area contributed by atoms with Gasteiger partial charge in [0, 0.05) is 38.3 Å². The highest BCUT2D eigenvalue weighted by Crippen LogP contribution is 2.33. The van der Waals surface area contributed by atoms with Crippen LogP contribution in [0.4, 0.5) is 4.79 Å². The highest BCUT2D eigenvalue weighted by molar-refractivity contribution is 5.96. The number of nitrogens with zero attached hydrogens (tertiary/aromatic N) is 2. The monoisotopic (exact) mass is 491 g/mol. The molecule has 0 bridgehead atoms. The molecule has 2 aliphatic heterocycles. The smallest absolute Gasteiger partial charge is 0.405 e. The number of aryl methyl sites for hydroxylation is 2. The standard InChI is InChI=1S/C25H31N3O3.C5H10/c1-17-8-9-22(18(2)12-17)24(29)28-15-20-13-27(14-21(20)16-28)11-10-23(26-25(30)31)19-6-4-3-5-7-19;1-2-4-5-3-1/h3-9,12,20-21,23,26H,10-11,13-16H2,1-2H3,(H,30,31);1-5H2/t20-,21?,23?;/m0./s1. The molecule has 6 heteroatoms. The van der Waals surface area contributed by atoms with Crippen LogP contribution in [0, 0.1) is 25.7 Å². The number of benzene rings is 2. The van der Waals surface area contributed by atoms with E-state index >= 15 is 0 Å². The SMILES string of the molecule is C1CCCC1.Cc1ccc(C(=O)N2CC3CN(CCC(NC(=O)O)c4ccccc4)C[C@H]3C2)c(C)c1. The topological polar surface area (TPSA) is 72.9 Å². The highest BCUT2D eigenvalue weighted by atomic mass is 16.4.